The Morgan fingerprint density at radius 1 is 1.33 bits per heavy atom. The zero-order valence-corrected chi connectivity index (χ0v) is 11.9. The number of aliphatic carboxylic acids is 1. The molecule has 0 bridgehead atoms. The molecule has 1 amide bonds. The van der Waals surface area contributed by atoms with E-state index in [1.165, 1.54) is 0 Å². The first kappa shape index (κ1) is 15.0. The van der Waals surface area contributed by atoms with Crippen LogP contribution in [0.4, 0.5) is 0 Å². The molecule has 1 saturated carbocycles. The van der Waals surface area contributed by atoms with Crippen LogP contribution >= 0.6 is 0 Å². The first-order valence-electron chi connectivity index (χ1n) is 6.65. The van der Waals surface area contributed by atoms with Gasteiger partial charge in [-0.15, -0.1) is 0 Å². The Hall–Kier alpha value is -1.06. The Bertz CT molecular complexity index is 326. The predicted octanol–water partition coefficient (Wildman–Crippen LogP) is 2.43. The first-order valence-corrected chi connectivity index (χ1v) is 6.65. The molecule has 2 N–H and O–H groups in total. The van der Waals surface area contributed by atoms with Crippen LogP contribution in [0.15, 0.2) is 0 Å². The molecule has 1 aliphatic carbocycles. The molecule has 104 valence electrons. The molecule has 18 heavy (non-hydrogen) atoms. The number of carbonyl (C=O) groups is 2. The highest BCUT2D eigenvalue weighted by atomic mass is 16.4. The van der Waals surface area contributed by atoms with Crippen molar-refractivity contribution >= 4 is 11.9 Å². The summed E-state index contributed by atoms with van der Waals surface area (Å²) in [7, 11) is 0. The summed E-state index contributed by atoms with van der Waals surface area (Å²) in [6.45, 7) is 8.82. The van der Waals surface area contributed by atoms with Gasteiger partial charge in [-0.05, 0) is 30.6 Å². The largest absolute Gasteiger partial charge is 0.481 e. The summed E-state index contributed by atoms with van der Waals surface area (Å²) in [4.78, 5) is 22.7. The third-order valence-corrected chi connectivity index (χ3v) is 3.43. The van der Waals surface area contributed by atoms with Crippen LogP contribution in [0.3, 0.4) is 0 Å². The minimum Gasteiger partial charge on any atom is -0.481 e. The van der Waals surface area contributed by atoms with Crippen molar-refractivity contribution in [1.29, 1.82) is 0 Å². The molecular weight excluding hydrogens is 230 g/mol. The smallest absolute Gasteiger partial charge is 0.311 e. The molecule has 0 heterocycles. The Balaban J connectivity index is 2.28. The second kappa shape index (κ2) is 5.29. The van der Waals surface area contributed by atoms with E-state index in [-0.39, 0.29) is 17.9 Å². The lowest BCUT2D eigenvalue weighted by molar-refractivity contribution is -0.143. The molecule has 1 unspecified atom stereocenters. The van der Waals surface area contributed by atoms with E-state index >= 15 is 0 Å². The number of rotatable bonds is 6. The van der Waals surface area contributed by atoms with Crippen molar-refractivity contribution in [3.05, 3.63) is 0 Å². The van der Waals surface area contributed by atoms with Crippen LogP contribution in [-0.4, -0.2) is 23.5 Å². The van der Waals surface area contributed by atoms with Crippen molar-refractivity contribution in [2.24, 2.45) is 16.7 Å². The molecule has 1 fully saturated rings. The van der Waals surface area contributed by atoms with Crippen molar-refractivity contribution in [3.63, 3.8) is 0 Å². The fourth-order valence-electron chi connectivity index (χ4n) is 2.39. The van der Waals surface area contributed by atoms with E-state index in [0.29, 0.717) is 25.2 Å². The fourth-order valence-corrected chi connectivity index (χ4v) is 2.39. The van der Waals surface area contributed by atoms with Gasteiger partial charge in [0, 0.05) is 13.0 Å². The molecule has 4 nitrogen and oxygen atoms in total. The van der Waals surface area contributed by atoms with E-state index in [4.69, 9.17) is 5.11 Å². The maximum atomic E-state index is 11.7. The number of amides is 1. The van der Waals surface area contributed by atoms with E-state index in [2.05, 4.69) is 33.0 Å². The molecule has 4 heteroatoms. The van der Waals surface area contributed by atoms with Crippen molar-refractivity contribution in [1.82, 2.24) is 5.32 Å². The van der Waals surface area contributed by atoms with Crippen molar-refractivity contribution in [2.75, 3.05) is 6.54 Å². The van der Waals surface area contributed by atoms with Crippen molar-refractivity contribution in [3.8, 4) is 0 Å². The van der Waals surface area contributed by atoms with Gasteiger partial charge in [0.05, 0.1) is 5.41 Å². The Labute approximate surface area is 109 Å². The monoisotopic (exact) mass is 255 g/mol. The molecule has 0 saturated heterocycles. The van der Waals surface area contributed by atoms with Gasteiger partial charge in [-0.2, -0.15) is 0 Å². The minimum absolute atomic E-state index is 0.0284. The lowest BCUT2D eigenvalue weighted by Gasteiger charge is -2.23. The Morgan fingerprint density at radius 3 is 2.28 bits per heavy atom. The number of carboxylic acid groups (broad SMARTS) is 1. The molecule has 0 aromatic carbocycles. The molecule has 1 atom stereocenters. The summed E-state index contributed by atoms with van der Waals surface area (Å²) in [6.07, 6.45) is 2.83. The van der Waals surface area contributed by atoms with Gasteiger partial charge < -0.3 is 10.4 Å². The standard InChI is InChI=1S/C14H25NO3/c1-10(8-13(2,3)4)7-11(16)15-9-14(5-6-14)12(17)18/h10H,5-9H2,1-4H3,(H,15,16)(H,17,18). The van der Waals surface area contributed by atoms with Gasteiger partial charge in [0.15, 0.2) is 0 Å². The minimum atomic E-state index is -0.787. The molecule has 0 radical (unpaired) electrons. The summed E-state index contributed by atoms with van der Waals surface area (Å²) >= 11 is 0. The van der Waals surface area contributed by atoms with Gasteiger partial charge in [0.25, 0.3) is 0 Å². The third kappa shape index (κ3) is 4.67. The molecule has 0 aromatic rings. The van der Waals surface area contributed by atoms with Gasteiger partial charge in [0.1, 0.15) is 0 Å². The van der Waals surface area contributed by atoms with Crippen LogP contribution in [0.1, 0.15) is 53.4 Å². The molecule has 0 aliphatic heterocycles. The number of carboxylic acids is 1. The van der Waals surface area contributed by atoms with Crippen LogP contribution in [0.5, 0.6) is 0 Å². The summed E-state index contributed by atoms with van der Waals surface area (Å²) in [6, 6.07) is 0. The van der Waals surface area contributed by atoms with Gasteiger partial charge in [-0.3, -0.25) is 9.59 Å². The molecule has 0 spiro atoms. The highest BCUT2D eigenvalue weighted by Crippen LogP contribution is 2.45. The lowest BCUT2D eigenvalue weighted by atomic mass is 9.84. The van der Waals surface area contributed by atoms with Crippen molar-refractivity contribution in [2.45, 2.75) is 53.4 Å². The quantitative estimate of drug-likeness (QED) is 0.766. The summed E-state index contributed by atoms with van der Waals surface area (Å²) in [5.74, 6) is -0.491. The van der Waals surface area contributed by atoms with Crippen LogP contribution in [0.2, 0.25) is 0 Å². The number of carbonyl (C=O) groups excluding carboxylic acids is 1. The highest BCUT2D eigenvalue weighted by Gasteiger charge is 2.50. The van der Waals surface area contributed by atoms with Crippen molar-refractivity contribution < 1.29 is 14.7 Å². The van der Waals surface area contributed by atoms with E-state index in [1.807, 2.05) is 0 Å². The SMILES string of the molecule is CC(CC(=O)NCC1(C(=O)O)CC1)CC(C)(C)C. The number of hydrogen-bond acceptors (Lipinski definition) is 2. The van der Waals surface area contributed by atoms with Gasteiger partial charge in [0.2, 0.25) is 5.91 Å². The summed E-state index contributed by atoms with van der Waals surface area (Å²) < 4.78 is 0. The normalized spacial score (nSPS) is 19.1. The van der Waals surface area contributed by atoms with E-state index in [1.54, 1.807) is 0 Å². The maximum Gasteiger partial charge on any atom is 0.311 e. The van der Waals surface area contributed by atoms with E-state index < -0.39 is 11.4 Å². The zero-order chi connectivity index (χ0) is 14.0. The van der Waals surface area contributed by atoms with E-state index in [9.17, 15) is 9.59 Å². The van der Waals surface area contributed by atoms with Gasteiger partial charge >= 0.3 is 5.97 Å². The number of hydrogen-bond donors (Lipinski definition) is 2. The average Bonchev–Trinajstić information content (AvgIpc) is 2.91. The van der Waals surface area contributed by atoms with Crippen LogP contribution < -0.4 is 5.32 Å². The zero-order valence-electron chi connectivity index (χ0n) is 11.9. The average molecular weight is 255 g/mol. The predicted molar refractivity (Wildman–Crippen MR) is 70.2 cm³/mol. The Kier molecular flexibility index (Phi) is 4.41. The van der Waals surface area contributed by atoms with E-state index in [0.717, 1.165) is 6.42 Å². The second-order valence-corrected chi connectivity index (χ2v) is 6.94. The van der Waals surface area contributed by atoms with Crippen LogP contribution in [0.25, 0.3) is 0 Å². The molecule has 1 rings (SSSR count). The summed E-state index contributed by atoms with van der Waals surface area (Å²) in [5, 5.41) is 11.8. The third-order valence-electron chi connectivity index (χ3n) is 3.43. The molecule has 0 aromatic heterocycles. The molecular formula is C14H25NO3. The topological polar surface area (TPSA) is 66.4 Å². The highest BCUT2D eigenvalue weighted by molar-refractivity contribution is 5.81. The first-order chi connectivity index (χ1) is 8.15. The fraction of sp³-hybridized carbons (Fsp3) is 0.857. The summed E-state index contributed by atoms with van der Waals surface area (Å²) in [5.41, 5.74) is -0.443. The van der Waals surface area contributed by atoms with Crippen LogP contribution in [0, 0.1) is 16.7 Å². The van der Waals surface area contributed by atoms with Crippen LogP contribution in [-0.2, 0) is 9.59 Å². The molecule has 1 aliphatic rings. The second-order valence-electron chi connectivity index (χ2n) is 6.94. The van der Waals surface area contributed by atoms with Gasteiger partial charge in [-0.25, -0.2) is 0 Å². The Morgan fingerprint density at radius 2 is 1.89 bits per heavy atom. The van der Waals surface area contributed by atoms with Gasteiger partial charge in [-0.1, -0.05) is 27.7 Å². The number of nitrogens with one attached hydrogen (secondary N) is 1. The maximum absolute atomic E-state index is 11.7. The lowest BCUT2D eigenvalue weighted by Crippen LogP contribution is -2.35.